The summed E-state index contributed by atoms with van der Waals surface area (Å²) in [5, 5.41) is 20.5. The number of carbonyl (C=O) groups is 1. The normalized spacial score (nSPS) is 10.2. The van der Waals surface area contributed by atoms with Crippen LogP contribution in [0.3, 0.4) is 0 Å². The van der Waals surface area contributed by atoms with Gasteiger partial charge in [-0.05, 0) is 31.8 Å². The summed E-state index contributed by atoms with van der Waals surface area (Å²) in [4.78, 5) is 11.4. The van der Waals surface area contributed by atoms with Crippen LogP contribution in [0.2, 0.25) is 0 Å². The molecule has 0 unspecified atom stereocenters. The van der Waals surface area contributed by atoms with Crippen molar-refractivity contribution < 1.29 is 19.6 Å². The minimum absolute atomic E-state index is 0.330. The molecular weight excluding hydrogens is 257 g/mol. The van der Waals surface area contributed by atoms with Gasteiger partial charge in [0.15, 0.2) is 0 Å². The van der Waals surface area contributed by atoms with Gasteiger partial charge in [-0.25, -0.2) is 4.79 Å². The minimum Gasteiger partial charge on any atom is -0.444 e. The van der Waals surface area contributed by atoms with Crippen molar-refractivity contribution in [2.24, 2.45) is 0 Å². The van der Waals surface area contributed by atoms with E-state index >= 15 is 0 Å². The first-order chi connectivity index (χ1) is 9.28. The van der Waals surface area contributed by atoms with Crippen molar-refractivity contribution in [1.82, 2.24) is 5.32 Å². The summed E-state index contributed by atoms with van der Waals surface area (Å²) in [6.45, 7) is 9.72. The lowest BCUT2D eigenvalue weighted by Crippen LogP contribution is -2.32. The highest BCUT2D eigenvalue weighted by atomic mass is 16.6. The molecule has 0 spiro atoms. The summed E-state index contributed by atoms with van der Waals surface area (Å²) in [6, 6.07) is 6.62. The summed E-state index contributed by atoms with van der Waals surface area (Å²) in [7, 11) is -1.47. The molecule has 0 radical (unpaired) electrons. The standard InChI is InChI=1S/C12H18BNO4.C2H6/c1-12(2,3)18-11(15)14-8-9-4-6-10(7-5-9)13(16)17;1-2/h4-7,16-17H,8H2,1-3H3,(H,14,15);1-2H3. The topological polar surface area (TPSA) is 78.8 Å². The number of ether oxygens (including phenoxy) is 1. The van der Waals surface area contributed by atoms with Crippen LogP contribution in [-0.4, -0.2) is 28.9 Å². The fourth-order valence-corrected chi connectivity index (χ4v) is 1.30. The lowest BCUT2D eigenvalue weighted by molar-refractivity contribution is 0.0523. The van der Waals surface area contributed by atoms with Crippen LogP contribution in [0.25, 0.3) is 0 Å². The van der Waals surface area contributed by atoms with E-state index in [-0.39, 0.29) is 0 Å². The van der Waals surface area contributed by atoms with Gasteiger partial charge >= 0.3 is 13.2 Å². The van der Waals surface area contributed by atoms with Crippen molar-refractivity contribution >= 4 is 18.7 Å². The van der Waals surface area contributed by atoms with E-state index < -0.39 is 18.8 Å². The summed E-state index contributed by atoms with van der Waals surface area (Å²) in [5.74, 6) is 0. The molecule has 20 heavy (non-hydrogen) atoms. The maximum absolute atomic E-state index is 11.4. The Morgan fingerprint density at radius 3 is 2.10 bits per heavy atom. The molecule has 0 atom stereocenters. The van der Waals surface area contributed by atoms with Crippen molar-refractivity contribution in [1.29, 1.82) is 0 Å². The molecule has 112 valence electrons. The van der Waals surface area contributed by atoms with Crippen molar-refractivity contribution in [2.45, 2.75) is 46.8 Å². The van der Waals surface area contributed by atoms with E-state index in [9.17, 15) is 4.79 Å². The monoisotopic (exact) mass is 281 g/mol. The third-order valence-corrected chi connectivity index (χ3v) is 2.11. The second kappa shape index (κ2) is 8.61. The molecule has 1 rings (SSSR count). The molecule has 1 amide bonds. The molecule has 0 saturated heterocycles. The number of carbonyl (C=O) groups excluding carboxylic acids is 1. The summed E-state index contributed by atoms with van der Waals surface area (Å²) in [6.07, 6.45) is -0.478. The number of nitrogens with one attached hydrogen (secondary N) is 1. The number of benzene rings is 1. The Hall–Kier alpha value is -1.53. The molecule has 0 fully saturated rings. The Balaban J connectivity index is 0.00000172. The fourth-order valence-electron chi connectivity index (χ4n) is 1.30. The third-order valence-electron chi connectivity index (χ3n) is 2.11. The van der Waals surface area contributed by atoms with Crippen molar-refractivity contribution in [3.05, 3.63) is 29.8 Å². The van der Waals surface area contributed by atoms with Crippen molar-refractivity contribution in [3.8, 4) is 0 Å². The van der Waals surface area contributed by atoms with Gasteiger partial charge in [0.25, 0.3) is 0 Å². The lowest BCUT2D eigenvalue weighted by atomic mass is 9.80. The fraction of sp³-hybridized carbons (Fsp3) is 0.500. The Morgan fingerprint density at radius 2 is 1.70 bits per heavy atom. The molecule has 0 aliphatic carbocycles. The number of hydrogen-bond donors (Lipinski definition) is 3. The molecule has 5 nitrogen and oxygen atoms in total. The summed E-state index contributed by atoms with van der Waals surface area (Å²) in [5.41, 5.74) is 0.746. The molecule has 0 aliphatic rings. The Morgan fingerprint density at radius 1 is 1.20 bits per heavy atom. The van der Waals surface area contributed by atoms with Gasteiger partial charge < -0.3 is 20.1 Å². The molecule has 0 bridgehead atoms. The van der Waals surface area contributed by atoms with Crippen molar-refractivity contribution in [2.75, 3.05) is 0 Å². The van der Waals surface area contributed by atoms with Crippen molar-refractivity contribution in [3.63, 3.8) is 0 Å². The first-order valence-electron chi connectivity index (χ1n) is 6.70. The largest absolute Gasteiger partial charge is 0.488 e. The first-order valence-corrected chi connectivity index (χ1v) is 6.70. The maximum atomic E-state index is 11.4. The lowest BCUT2D eigenvalue weighted by Gasteiger charge is -2.19. The molecule has 1 aromatic carbocycles. The number of hydrogen-bond acceptors (Lipinski definition) is 4. The van der Waals surface area contributed by atoms with Crippen LogP contribution >= 0.6 is 0 Å². The number of rotatable bonds is 3. The smallest absolute Gasteiger partial charge is 0.444 e. The van der Waals surface area contributed by atoms with Gasteiger partial charge in [-0.3, -0.25) is 0 Å². The highest BCUT2D eigenvalue weighted by Gasteiger charge is 2.15. The predicted octanol–water partition coefficient (Wildman–Crippen LogP) is 1.42. The maximum Gasteiger partial charge on any atom is 0.488 e. The SMILES string of the molecule is CC.CC(C)(C)OC(=O)NCc1ccc(B(O)O)cc1. The quantitative estimate of drug-likeness (QED) is 0.732. The molecule has 3 N–H and O–H groups in total. The van der Waals surface area contributed by atoms with E-state index in [1.54, 1.807) is 45.0 Å². The van der Waals surface area contributed by atoms with Gasteiger partial charge in [-0.2, -0.15) is 0 Å². The Labute approximate surface area is 121 Å². The Kier molecular flexibility index (Phi) is 7.95. The predicted molar refractivity (Wildman–Crippen MR) is 80.7 cm³/mol. The third kappa shape index (κ3) is 7.81. The zero-order valence-electron chi connectivity index (χ0n) is 12.8. The van der Waals surface area contributed by atoms with E-state index in [2.05, 4.69) is 5.32 Å². The average Bonchev–Trinajstić information content (AvgIpc) is 2.37. The van der Waals surface area contributed by atoms with E-state index in [0.29, 0.717) is 12.0 Å². The first kappa shape index (κ1) is 18.5. The number of amides is 1. The number of alkyl carbamates (subject to hydrolysis) is 1. The van der Waals surface area contributed by atoms with Gasteiger partial charge in [0.2, 0.25) is 0 Å². The molecule has 0 aromatic heterocycles. The molecule has 0 heterocycles. The van der Waals surface area contributed by atoms with Crippen LogP contribution in [0, 0.1) is 0 Å². The highest BCUT2D eigenvalue weighted by Crippen LogP contribution is 2.06. The Bertz CT molecular complexity index is 399. The van der Waals surface area contributed by atoms with Crippen LogP contribution in [0.4, 0.5) is 4.79 Å². The van der Waals surface area contributed by atoms with Gasteiger partial charge in [0.05, 0.1) is 0 Å². The average molecular weight is 281 g/mol. The van der Waals surface area contributed by atoms with E-state index in [1.165, 1.54) is 0 Å². The second-order valence-corrected chi connectivity index (χ2v) is 4.97. The van der Waals surface area contributed by atoms with E-state index in [1.807, 2.05) is 13.8 Å². The summed E-state index contributed by atoms with van der Waals surface area (Å²) >= 11 is 0. The van der Waals surface area contributed by atoms with Crippen LogP contribution < -0.4 is 10.8 Å². The highest BCUT2D eigenvalue weighted by molar-refractivity contribution is 6.58. The summed E-state index contributed by atoms with van der Waals surface area (Å²) < 4.78 is 5.09. The zero-order valence-corrected chi connectivity index (χ0v) is 12.8. The van der Waals surface area contributed by atoms with E-state index in [0.717, 1.165) is 5.56 Å². The molecule has 6 heteroatoms. The molecule has 1 aromatic rings. The van der Waals surface area contributed by atoms with Crippen LogP contribution in [-0.2, 0) is 11.3 Å². The van der Waals surface area contributed by atoms with Gasteiger partial charge in [0.1, 0.15) is 5.60 Å². The molecular formula is C14H24BNO4. The molecule has 0 aliphatic heterocycles. The van der Waals surface area contributed by atoms with Crippen LogP contribution in [0.15, 0.2) is 24.3 Å². The van der Waals surface area contributed by atoms with E-state index in [4.69, 9.17) is 14.8 Å². The minimum atomic E-state index is -1.47. The second-order valence-electron chi connectivity index (χ2n) is 4.97. The van der Waals surface area contributed by atoms with Crippen LogP contribution in [0.5, 0.6) is 0 Å². The van der Waals surface area contributed by atoms with Gasteiger partial charge in [-0.1, -0.05) is 38.1 Å². The van der Waals surface area contributed by atoms with Gasteiger partial charge in [0, 0.05) is 6.54 Å². The van der Waals surface area contributed by atoms with Crippen LogP contribution in [0.1, 0.15) is 40.2 Å². The zero-order chi connectivity index (χ0) is 15.8. The van der Waals surface area contributed by atoms with Gasteiger partial charge in [-0.15, -0.1) is 0 Å². The molecule has 0 saturated carbocycles.